The second-order valence-electron chi connectivity index (χ2n) is 4.76. The van der Waals surface area contributed by atoms with Crippen LogP contribution in [0.3, 0.4) is 0 Å². The molecule has 6 heteroatoms. The normalized spacial score (nSPS) is 12.2. The van der Waals surface area contributed by atoms with Gasteiger partial charge in [0.1, 0.15) is 5.82 Å². The van der Waals surface area contributed by atoms with E-state index >= 15 is 0 Å². The third-order valence-corrected chi connectivity index (χ3v) is 4.09. The largest absolute Gasteiger partial charge is 0.397 e. The maximum atomic E-state index is 11.3. The predicted octanol–water partition coefficient (Wildman–Crippen LogP) is 2.61. The summed E-state index contributed by atoms with van der Waals surface area (Å²) in [6.07, 6.45) is 1.45. The topological polar surface area (TPSA) is 94.0 Å². The molecule has 1 amide bonds. The molecule has 0 radical (unpaired) electrons. The summed E-state index contributed by atoms with van der Waals surface area (Å²) in [7, 11) is 0. The first kappa shape index (κ1) is 14.3. The molecule has 5 N–H and O–H groups in total. The number of nitrogens with one attached hydrogen (secondary N) is 1. The van der Waals surface area contributed by atoms with Gasteiger partial charge in [0, 0.05) is 9.75 Å². The number of carbonyl (C=O) groups is 1. The number of anilines is 2. The summed E-state index contributed by atoms with van der Waals surface area (Å²) in [6, 6.07) is 3.84. The number of primary amides is 1. The fourth-order valence-corrected chi connectivity index (χ4v) is 3.16. The number of amides is 1. The van der Waals surface area contributed by atoms with Crippen molar-refractivity contribution in [2.24, 2.45) is 5.73 Å². The fourth-order valence-electron chi connectivity index (χ4n) is 2.14. The molecular formula is C14H18N4OS. The molecule has 0 saturated carbocycles. The molecule has 0 aliphatic carbocycles. The molecule has 0 bridgehead atoms. The van der Waals surface area contributed by atoms with E-state index in [0.717, 1.165) is 0 Å². The molecule has 20 heavy (non-hydrogen) atoms. The van der Waals surface area contributed by atoms with Crippen LogP contribution in [-0.4, -0.2) is 10.9 Å². The predicted molar refractivity (Wildman–Crippen MR) is 83.0 cm³/mol. The number of nitrogen functional groups attached to an aromatic ring is 1. The Kier molecular flexibility index (Phi) is 3.94. The maximum Gasteiger partial charge on any atom is 0.250 e. The molecule has 0 aliphatic heterocycles. The number of pyridine rings is 1. The zero-order chi connectivity index (χ0) is 14.9. The van der Waals surface area contributed by atoms with Crippen molar-refractivity contribution in [3.8, 4) is 0 Å². The van der Waals surface area contributed by atoms with Crippen LogP contribution in [0, 0.1) is 13.8 Å². The van der Waals surface area contributed by atoms with Crippen molar-refractivity contribution < 1.29 is 4.79 Å². The van der Waals surface area contributed by atoms with E-state index in [0.29, 0.717) is 11.5 Å². The molecule has 0 aliphatic rings. The van der Waals surface area contributed by atoms with E-state index in [1.807, 2.05) is 0 Å². The first-order valence-electron chi connectivity index (χ1n) is 6.27. The zero-order valence-corrected chi connectivity index (χ0v) is 12.5. The molecule has 1 atom stereocenters. The van der Waals surface area contributed by atoms with Gasteiger partial charge in [-0.15, -0.1) is 11.3 Å². The number of aryl methyl sites for hydroxylation is 2. The van der Waals surface area contributed by atoms with Crippen molar-refractivity contribution in [1.29, 1.82) is 0 Å². The second-order valence-corrected chi connectivity index (χ2v) is 6.22. The van der Waals surface area contributed by atoms with Crippen LogP contribution < -0.4 is 16.8 Å². The number of carbonyl (C=O) groups excluding carboxylic acids is 1. The Labute approximate surface area is 122 Å². The average molecular weight is 290 g/mol. The van der Waals surface area contributed by atoms with Crippen molar-refractivity contribution in [3.05, 3.63) is 39.2 Å². The monoisotopic (exact) mass is 290 g/mol. The van der Waals surface area contributed by atoms with Gasteiger partial charge in [0.05, 0.1) is 23.5 Å². The minimum absolute atomic E-state index is 0.0943. The van der Waals surface area contributed by atoms with Gasteiger partial charge < -0.3 is 16.8 Å². The van der Waals surface area contributed by atoms with Gasteiger partial charge >= 0.3 is 0 Å². The first-order chi connectivity index (χ1) is 9.38. The van der Waals surface area contributed by atoms with Gasteiger partial charge in [0.2, 0.25) is 0 Å². The van der Waals surface area contributed by atoms with Gasteiger partial charge in [-0.25, -0.2) is 4.98 Å². The van der Waals surface area contributed by atoms with Gasteiger partial charge in [0.25, 0.3) is 5.91 Å². The first-order valence-corrected chi connectivity index (χ1v) is 7.09. The standard InChI is InChI=1S/C14H18N4OS/c1-7-4-10(9(3)20-7)8(2)18-13-5-11(14(16)19)12(15)6-17-13/h4-6,8H,15H2,1-3H3,(H2,16,19)(H,17,18). The van der Waals surface area contributed by atoms with Crippen LogP contribution in [-0.2, 0) is 0 Å². The van der Waals surface area contributed by atoms with Crippen molar-refractivity contribution >= 4 is 28.7 Å². The Morgan fingerprint density at radius 3 is 2.65 bits per heavy atom. The van der Waals surface area contributed by atoms with E-state index < -0.39 is 5.91 Å². The van der Waals surface area contributed by atoms with Crippen LogP contribution in [0.5, 0.6) is 0 Å². The number of hydrogen-bond donors (Lipinski definition) is 3. The highest BCUT2D eigenvalue weighted by molar-refractivity contribution is 7.12. The Balaban J connectivity index is 2.24. The Bertz CT molecular complexity index is 651. The summed E-state index contributed by atoms with van der Waals surface area (Å²) >= 11 is 1.76. The van der Waals surface area contributed by atoms with Crippen LogP contribution in [0.15, 0.2) is 18.3 Å². The van der Waals surface area contributed by atoms with Crippen LogP contribution in [0.25, 0.3) is 0 Å². The van der Waals surface area contributed by atoms with Gasteiger partial charge in [0.15, 0.2) is 0 Å². The minimum atomic E-state index is -0.553. The summed E-state index contributed by atoms with van der Waals surface area (Å²) < 4.78 is 0. The average Bonchev–Trinajstić information content (AvgIpc) is 2.70. The molecule has 0 saturated heterocycles. The van der Waals surface area contributed by atoms with Crippen LogP contribution in [0.1, 0.15) is 38.6 Å². The Morgan fingerprint density at radius 2 is 2.10 bits per heavy atom. The molecule has 5 nitrogen and oxygen atoms in total. The summed E-state index contributed by atoms with van der Waals surface area (Å²) in [5.41, 5.74) is 12.8. The van der Waals surface area contributed by atoms with Crippen molar-refractivity contribution in [3.63, 3.8) is 0 Å². The number of hydrogen-bond acceptors (Lipinski definition) is 5. The quantitative estimate of drug-likeness (QED) is 0.806. The summed E-state index contributed by atoms with van der Waals surface area (Å²) in [4.78, 5) is 18.0. The molecule has 2 rings (SSSR count). The van der Waals surface area contributed by atoms with Crippen LogP contribution in [0.4, 0.5) is 11.5 Å². The lowest BCUT2D eigenvalue weighted by Gasteiger charge is -2.15. The fraction of sp³-hybridized carbons (Fsp3) is 0.286. The third-order valence-electron chi connectivity index (χ3n) is 3.11. The van der Waals surface area contributed by atoms with Crippen molar-refractivity contribution in [1.82, 2.24) is 4.98 Å². The second kappa shape index (κ2) is 5.50. The highest BCUT2D eigenvalue weighted by Crippen LogP contribution is 2.28. The molecule has 106 valence electrons. The molecular weight excluding hydrogens is 272 g/mol. The highest BCUT2D eigenvalue weighted by atomic mass is 32.1. The molecule has 2 aromatic heterocycles. The summed E-state index contributed by atoms with van der Waals surface area (Å²) in [5.74, 6) is 0.0342. The molecule has 2 heterocycles. The Morgan fingerprint density at radius 1 is 1.40 bits per heavy atom. The van der Waals surface area contributed by atoms with E-state index in [-0.39, 0.29) is 11.6 Å². The van der Waals surface area contributed by atoms with Gasteiger partial charge in [-0.2, -0.15) is 0 Å². The van der Waals surface area contributed by atoms with E-state index in [1.54, 1.807) is 17.4 Å². The highest BCUT2D eigenvalue weighted by Gasteiger charge is 2.13. The van der Waals surface area contributed by atoms with E-state index in [4.69, 9.17) is 11.5 Å². The molecule has 1 unspecified atom stereocenters. The summed E-state index contributed by atoms with van der Waals surface area (Å²) in [6.45, 7) is 6.23. The van der Waals surface area contributed by atoms with Gasteiger partial charge in [-0.1, -0.05) is 0 Å². The lowest BCUT2D eigenvalue weighted by atomic mass is 10.1. The van der Waals surface area contributed by atoms with E-state index in [1.165, 1.54) is 21.5 Å². The summed E-state index contributed by atoms with van der Waals surface area (Å²) in [5, 5.41) is 3.27. The SMILES string of the molecule is Cc1cc(C(C)Nc2cc(C(N)=O)c(N)cn2)c(C)s1. The molecule has 0 aromatic carbocycles. The number of aromatic nitrogens is 1. The number of nitrogens with two attached hydrogens (primary N) is 2. The molecule has 2 aromatic rings. The van der Waals surface area contributed by atoms with E-state index in [2.05, 4.69) is 37.1 Å². The lowest BCUT2D eigenvalue weighted by Crippen LogP contribution is -2.15. The van der Waals surface area contributed by atoms with Crippen molar-refractivity contribution in [2.45, 2.75) is 26.8 Å². The number of nitrogens with zero attached hydrogens (tertiary/aromatic N) is 1. The Hall–Kier alpha value is -2.08. The van der Waals surface area contributed by atoms with E-state index in [9.17, 15) is 4.79 Å². The number of thiophene rings is 1. The smallest absolute Gasteiger partial charge is 0.250 e. The maximum absolute atomic E-state index is 11.3. The third kappa shape index (κ3) is 2.91. The minimum Gasteiger partial charge on any atom is -0.397 e. The number of rotatable bonds is 4. The lowest BCUT2D eigenvalue weighted by molar-refractivity contribution is 0.100. The molecule has 0 fully saturated rings. The zero-order valence-electron chi connectivity index (χ0n) is 11.7. The van der Waals surface area contributed by atoms with Gasteiger partial charge in [-0.05, 0) is 38.5 Å². The molecule has 0 spiro atoms. The van der Waals surface area contributed by atoms with Crippen molar-refractivity contribution in [2.75, 3.05) is 11.1 Å². The van der Waals surface area contributed by atoms with Crippen LogP contribution in [0.2, 0.25) is 0 Å². The van der Waals surface area contributed by atoms with Crippen LogP contribution >= 0.6 is 11.3 Å². The van der Waals surface area contributed by atoms with Gasteiger partial charge in [-0.3, -0.25) is 4.79 Å².